The topological polar surface area (TPSA) is 53.8 Å². The number of hydrogen-bond acceptors (Lipinski definition) is 4. The summed E-state index contributed by atoms with van der Waals surface area (Å²) in [6, 6.07) is 18.1. The van der Waals surface area contributed by atoms with Crippen molar-refractivity contribution >= 4 is 5.71 Å². The number of rotatable bonds is 4. The van der Waals surface area contributed by atoms with Crippen LogP contribution in [0, 0.1) is 0 Å². The number of hydrogen-bond donors (Lipinski definition) is 2. The van der Waals surface area contributed by atoms with E-state index in [-0.39, 0.29) is 12.7 Å². The summed E-state index contributed by atoms with van der Waals surface area (Å²) in [6.45, 7) is 0.513. The Balaban J connectivity index is 1.91. The van der Waals surface area contributed by atoms with Gasteiger partial charge in [0.25, 0.3) is 0 Å². The smallest absolute Gasteiger partial charge is 0.129 e. The second-order valence-corrected chi connectivity index (χ2v) is 4.91. The highest BCUT2D eigenvalue weighted by Gasteiger charge is 2.25. The van der Waals surface area contributed by atoms with Crippen LogP contribution < -0.4 is 10.2 Å². The second-order valence-electron chi connectivity index (χ2n) is 4.91. The number of hydrazone groups is 1. The van der Waals surface area contributed by atoms with E-state index >= 15 is 0 Å². The van der Waals surface area contributed by atoms with Gasteiger partial charge in [-0.05, 0) is 17.7 Å². The first-order chi connectivity index (χ1) is 10.4. The predicted molar refractivity (Wildman–Crippen MR) is 82.5 cm³/mol. The molecule has 1 atom stereocenters. The molecule has 0 radical (unpaired) electrons. The molecule has 0 amide bonds. The molecule has 4 heteroatoms. The van der Waals surface area contributed by atoms with Crippen molar-refractivity contribution in [2.45, 2.75) is 12.5 Å². The molecule has 3 rings (SSSR count). The largest absolute Gasteiger partial charge is 0.485 e. The number of nitrogens with zero attached hydrogens (tertiary/aromatic N) is 1. The van der Waals surface area contributed by atoms with Crippen LogP contribution in [0.5, 0.6) is 5.75 Å². The minimum Gasteiger partial charge on any atom is -0.485 e. The van der Waals surface area contributed by atoms with Gasteiger partial charge in [-0.1, -0.05) is 42.5 Å². The predicted octanol–water partition coefficient (Wildman–Crippen LogP) is 2.50. The van der Waals surface area contributed by atoms with Crippen LogP contribution in [-0.4, -0.2) is 24.0 Å². The van der Waals surface area contributed by atoms with Gasteiger partial charge in [-0.2, -0.15) is 5.10 Å². The summed E-state index contributed by atoms with van der Waals surface area (Å²) < 4.78 is 6.10. The summed E-state index contributed by atoms with van der Waals surface area (Å²) in [5.74, 6) is 0.849. The van der Waals surface area contributed by atoms with Gasteiger partial charge >= 0.3 is 0 Å². The van der Waals surface area contributed by atoms with Crippen molar-refractivity contribution in [3.63, 3.8) is 0 Å². The van der Waals surface area contributed by atoms with Crippen LogP contribution in [0.1, 0.15) is 23.7 Å². The lowest BCUT2D eigenvalue weighted by Crippen LogP contribution is -2.24. The summed E-state index contributed by atoms with van der Waals surface area (Å²) >= 11 is 0. The van der Waals surface area contributed by atoms with Gasteiger partial charge in [0, 0.05) is 12.0 Å². The van der Waals surface area contributed by atoms with Crippen LogP contribution in [0.15, 0.2) is 59.7 Å². The molecule has 21 heavy (non-hydrogen) atoms. The lowest BCUT2D eigenvalue weighted by atomic mass is 9.96. The number of ether oxygens (including phenoxy) is 1. The van der Waals surface area contributed by atoms with Crippen molar-refractivity contribution in [3.05, 3.63) is 65.7 Å². The second kappa shape index (κ2) is 6.41. The zero-order valence-corrected chi connectivity index (χ0v) is 11.7. The number of aliphatic hydroxyl groups excluding tert-OH is 1. The van der Waals surface area contributed by atoms with Crippen molar-refractivity contribution in [2.24, 2.45) is 5.10 Å². The Morgan fingerprint density at radius 1 is 1.10 bits per heavy atom. The molecule has 0 fully saturated rings. The molecule has 0 bridgehead atoms. The fraction of sp³-hybridized carbons (Fsp3) is 0.235. The van der Waals surface area contributed by atoms with E-state index in [1.165, 1.54) is 0 Å². The molecule has 1 unspecified atom stereocenters. The normalized spacial score (nSPS) is 18.9. The lowest BCUT2D eigenvalue weighted by Gasteiger charge is -2.27. The monoisotopic (exact) mass is 282 g/mol. The van der Waals surface area contributed by atoms with E-state index in [0.717, 1.165) is 22.6 Å². The highest BCUT2D eigenvalue weighted by atomic mass is 16.5. The molecule has 0 aromatic heterocycles. The molecule has 4 nitrogen and oxygen atoms in total. The zero-order chi connectivity index (χ0) is 14.5. The van der Waals surface area contributed by atoms with Crippen molar-refractivity contribution in [3.8, 4) is 5.75 Å². The van der Waals surface area contributed by atoms with E-state index in [9.17, 15) is 0 Å². The Kier molecular flexibility index (Phi) is 4.17. The molecule has 1 aliphatic heterocycles. The first-order valence-corrected chi connectivity index (χ1v) is 7.10. The van der Waals surface area contributed by atoms with Gasteiger partial charge in [-0.25, -0.2) is 0 Å². The third kappa shape index (κ3) is 3.06. The van der Waals surface area contributed by atoms with Crippen molar-refractivity contribution in [1.29, 1.82) is 0 Å². The van der Waals surface area contributed by atoms with E-state index in [1.54, 1.807) is 0 Å². The third-order valence-electron chi connectivity index (χ3n) is 3.45. The van der Waals surface area contributed by atoms with Crippen LogP contribution in [0.4, 0.5) is 0 Å². The molecule has 108 valence electrons. The third-order valence-corrected chi connectivity index (χ3v) is 3.45. The Morgan fingerprint density at radius 3 is 2.67 bits per heavy atom. The Labute approximate surface area is 124 Å². The van der Waals surface area contributed by atoms with Gasteiger partial charge in [-0.3, -0.25) is 0 Å². The van der Waals surface area contributed by atoms with Gasteiger partial charge in [-0.15, -0.1) is 0 Å². The molecule has 0 saturated carbocycles. The van der Waals surface area contributed by atoms with Crippen LogP contribution >= 0.6 is 0 Å². The Morgan fingerprint density at radius 2 is 1.86 bits per heavy atom. The average molecular weight is 282 g/mol. The quantitative estimate of drug-likeness (QED) is 0.669. The van der Waals surface area contributed by atoms with Crippen LogP contribution in [0.3, 0.4) is 0 Å². The lowest BCUT2D eigenvalue weighted by molar-refractivity contribution is 0.206. The first-order valence-electron chi connectivity index (χ1n) is 7.10. The van der Waals surface area contributed by atoms with E-state index in [0.29, 0.717) is 13.0 Å². The van der Waals surface area contributed by atoms with E-state index < -0.39 is 0 Å². The molecule has 0 aliphatic carbocycles. The zero-order valence-electron chi connectivity index (χ0n) is 11.7. The molecule has 2 N–H and O–H groups in total. The molecule has 0 saturated heterocycles. The van der Waals surface area contributed by atoms with Crippen LogP contribution in [-0.2, 0) is 0 Å². The molecule has 2 aromatic rings. The fourth-order valence-corrected chi connectivity index (χ4v) is 2.45. The Hall–Kier alpha value is -2.33. The minimum absolute atomic E-state index is 0.0317. The summed E-state index contributed by atoms with van der Waals surface area (Å²) in [7, 11) is 0. The highest BCUT2D eigenvalue weighted by molar-refractivity contribution is 6.03. The van der Waals surface area contributed by atoms with Crippen LogP contribution in [0.2, 0.25) is 0 Å². The van der Waals surface area contributed by atoms with Gasteiger partial charge in [0.2, 0.25) is 0 Å². The molecule has 1 aliphatic rings. The van der Waals surface area contributed by atoms with Gasteiger partial charge in [0.15, 0.2) is 0 Å². The SMILES string of the molecule is OCCNN=C1CC(c2ccccc2)Oc2ccccc21. The first kappa shape index (κ1) is 13.6. The van der Waals surface area contributed by atoms with Crippen molar-refractivity contribution < 1.29 is 9.84 Å². The van der Waals surface area contributed by atoms with Gasteiger partial charge in [0.1, 0.15) is 11.9 Å². The average Bonchev–Trinajstić information content (AvgIpc) is 2.55. The van der Waals surface area contributed by atoms with Gasteiger partial charge < -0.3 is 15.3 Å². The number of fused-ring (bicyclic) bond motifs is 1. The van der Waals surface area contributed by atoms with Crippen molar-refractivity contribution in [1.82, 2.24) is 5.43 Å². The summed E-state index contributed by atoms with van der Waals surface area (Å²) in [6.07, 6.45) is 0.676. The maximum atomic E-state index is 8.86. The number of benzene rings is 2. The van der Waals surface area contributed by atoms with Gasteiger partial charge in [0.05, 0.1) is 18.9 Å². The maximum absolute atomic E-state index is 8.86. The number of nitrogens with one attached hydrogen (secondary N) is 1. The standard InChI is InChI=1S/C17H18N2O2/c20-11-10-18-19-15-12-17(13-6-2-1-3-7-13)21-16-9-5-4-8-14(15)16/h1-9,17-18,20H,10-12H2. The Bertz CT molecular complexity index is 626. The minimum atomic E-state index is -0.0317. The number of para-hydroxylation sites is 1. The van der Waals surface area contributed by atoms with E-state index in [2.05, 4.69) is 22.7 Å². The molecule has 0 spiro atoms. The fourth-order valence-electron chi connectivity index (χ4n) is 2.45. The number of aliphatic hydroxyl groups is 1. The van der Waals surface area contributed by atoms with E-state index in [1.807, 2.05) is 42.5 Å². The molecule has 2 aromatic carbocycles. The molecular formula is C17H18N2O2. The highest BCUT2D eigenvalue weighted by Crippen LogP contribution is 2.34. The molecule has 1 heterocycles. The summed E-state index contributed by atoms with van der Waals surface area (Å²) in [5, 5.41) is 13.3. The van der Waals surface area contributed by atoms with E-state index in [4.69, 9.17) is 9.84 Å². The molecular weight excluding hydrogens is 264 g/mol. The summed E-state index contributed by atoms with van der Waals surface area (Å²) in [5.41, 5.74) is 6.01. The van der Waals surface area contributed by atoms with Crippen molar-refractivity contribution in [2.75, 3.05) is 13.2 Å². The van der Waals surface area contributed by atoms with Crippen LogP contribution in [0.25, 0.3) is 0 Å². The summed E-state index contributed by atoms with van der Waals surface area (Å²) in [4.78, 5) is 0. The maximum Gasteiger partial charge on any atom is 0.129 e.